The zero-order chi connectivity index (χ0) is 12.0. The zero-order valence-electron chi connectivity index (χ0n) is 10.7. The van der Waals surface area contributed by atoms with Crippen molar-refractivity contribution >= 4 is 0 Å². The summed E-state index contributed by atoms with van der Waals surface area (Å²) in [5.41, 5.74) is 0. The highest BCUT2D eigenvalue weighted by Gasteiger charge is 2.15. The third-order valence-corrected chi connectivity index (χ3v) is 2.47. The van der Waals surface area contributed by atoms with Gasteiger partial charge < -0.3 is 14.5 Å². The van der Waals surface area contributed by atoms with E-state index < -0.39 is 0 Å². The van der Waals surface area contributed by atoms with E-state index in [1.54, 1.807) is 7.11 Å². The van der Waals surface area contributed by atoms with E-state index in [0.717, 1.165) is 24.5 Å². The summed E-state index contributed by atoms with van der Waals surface area (Å²) in [6.07, 6.45) is 1.09. The van der Waals surface area contributed by atoms with Crippen molar-refractivity contribution in [3.63, 3.8) is 0 Å². The Kier molecular flexibility index (Phi) is 5.56. The lowest BCUT2D eigenvalue weighted by Crippen LogP contribution is -2.21. The van der Waals surface area contributed by atoms with Crippen molar-refractivity contribution in [2.24, 2.45) is 5.92 Å². The molecule has 0 aliphatic rings. The molecule has 0 spiro atoms. The van der Waals surface area contributed by atoms with Crippen molar-refractivity contribution < 1.29 is 9.15 Å². The molecule has 1 heterocycles. The molecule has 0 saturated heterocycles. The average Bonchev–Trinajstić information content (AvgIpc) is 2.66. The lowest BCUT2D eigenvalue weighted by atomic mass is 10.0. The summed E-state index contributed by atoms with van der Waals surface area (Å²) in [5.74, 6) is 2.56. The van der Waals surface area contributed by atoms with Gasteiger partial charge in [-0.15, -0.1) is 0 Å². The van der Waals surface area contributed by atoms with Crippen molar-refractivity contribution in [3.8, 4) is 0 Å². The summed E-state index contributed by atoms with van der Waals surface area (Å²) in [7, 11) is 1.68. The Morgan fingerprint density at radius 1 is 1.38 bits per heavy atom. The van der Waals surface area contributed by atoms with Gasteiger partial charge in [-0.2, -0.15) is 0 Å². The molecule has 92 valence electrons. The number of furan rings is 1. The van der Waals surface area contributed by atoms with E-state index in [-0.39, 0.29) is 0 Å². The Morgan fingerprint density at radius 2 is 2.12 bits per heavy atom. The Morgan fingerprint density at radius 3 is 2.69 bits per heavy atom. The lowest BCUT2D eigenvalue weighted by molar-refractivity contribution is 0.161. The van der Waals surface area contributed by atoms with Gasteiger partial charge in [0.1, 0.15) is 18.1 Å². The molecule has 1 aromatic heterocycles. The van der Waals surface area contributed by atoms with E-state index in [9.17, 15) is 0 Å². The van der Waals surface area contributed by atoms with Crippen LogP contribution in [0.2, 0.25) is 0 Å². The molecule has 0 fully saturated rings. The second-order valence-corrected chi connectivity index (χ2v) is 4.48. The highest BCUT2D eigenvalue weighted by Crippen LogP contribution is 2.23. The van der Waals surface area contributed by atoms with Crippen molar-refractivity contribution in [1.82, 2.24) is 5.32 Å². The first-order chi connectivity index (χ1) is 7.67. The molecular formula is C13H23NO2. The van der Waals surface area contributed by atoms with Crippen molar-refractivity contribution in [2.75, 3.05) is 13.7 Å². The monoisotopic (exact) mass is 225 g/mol. The van der Waals surface area contributed by atoms with Crippen LogP contribution >= 0.6 is 0 Å². The van der Waals surface area contributed by atoms with Crippen LogP contribution in [0, 0.1) is 5.92 Å². The molecular weight excluding hydrogens is 202 g/mol. The maximum Gasteiger partial charge on any atom is 0.129 e. The van der Waals surface area contributed by atoms with Gasteiger partial charge in [0.15, 0.2) is 0 Å². The van der Waals surface area contributed by atoms with Gasteiger partial charge in [-0.25, -0.2) is 0 Å². The van der Waals surface area contributed by atoms with E-state index in [1.807, 2.05) is 12.1 Å². The summed E-state index contributed by atoms with van der Waals surface area (Å²) < 4.78 is 10.8. The molecule has 3 heteroatoms. The first-order valence-electron chi connectivity index (χ1n) is 5.98. The molecule has 1 atom stereocenters. The number of hydrogen-bond donors (Lipinski definition) is 1. The highest BCUT2D eigenvalue weighted by molar-refractivity contribution is 5.10. The fourth-order valence-electron chi connectivity index (χ4n) is 1.82. The van der Waals surface area contributed by atoms with Crippen LogP contribution in [-0.4, -0.2) is 13.7 Å². The van der Waals surface area contributed by atoms with E-state index >= 15 is 0 Å². The van der Waals surface area contributed by atoms with Gasteiger partial charge in [0.25, 0.3) is 0 Å². The average molecular weight is 225 g/mol. The van der Waals surface area contributed by atoms with E-state index in [2.05, 4.69) is 26.1 Å². The number of nitrogens with one attached hydrogen (secondary N) is 1. The summed E-state index contributed by atoms with van der Waals surface area (Å²) in [6.45, 7) is 8.07. The normalized spacial score (nSPS) is 13.3. The number of methoxy groups -OCH3 is 1. The van der Waals surface area contributed by atoms with Crippen molar-refractivity contribution in [1.29, 1.82) is 0 Å². The molecule has 0 bridgehead atoms. The molecule has 16 heavy (non-hydrogen) atoms. The van der Waals surface area contributed by atoms with E-state index in [0.29, 0.717) is 18.6 Å². The summed E-state index contributed by atoms with van der Waals surface area (Å²) in [5, 5.41) is 3.45. The zero-order valence-corrected chi connectivity index (χ0v) is 10.7. The molecule has 0 aliphatic heterocycles. The second-order valence-electron chi connectivity index (χ2n) is 4.48. The number of rotatable bonds is 7. The SMILES string of the molecule is CCNC(CC(C)C)c1ccc(COC)o1. The summed E-state index contributed by atoms with van der Waals surface area (Å²) >= 11 is 0. The minimum Gasteiger partial charge on any atom is -0.462 e. The van der Waals surface area contributed by atoms with Crippen molar-refractivity contribution in [2.45, 2.75) is 39.8 Å². The maximum absolute atomic E-state index is 5.75. The quantitative estimate of drug-likeness (QED) is 0.774. The molecule has 1 N–H and O–H groups in total. The van der Waals surface area contributed by atoms with Gasteiger partial charge >= 0.3 is 0 Å². The molecule has 0 saturated carbocycles. The molecule has 0 radical (unpaired) electrons. The Balaban J connectivity index is 2.67. The molecule has 0 aromatic carbocycles. The highest BCUT2D eigenvalue weighted by atomic mass is 16.5. The van der Waals surface area contributed by atoms with Crippen molar-refractivity contribution in [3.05, 3.63) is 23.7 Å². The van der Waals surface area contributed by atoms with Gasteiger partial charge in [-0.3, -0.25) is 0 Å². The molecule has 1 unspecified atom stereocenters. The van der Waals surface area contributed by atoms with Crippen LogP contribution < -0.4 is 5.32 Å². The van der Waals surface area contributed by atoms with E-state index in [4.69, 9.17) is 9.15 Å². The first-order valence-corrected chi connectivity index (χ1v) is 5.98. The molecule has 0 amide bonds. The van der Waals surface area contributed by atoms with Crippen LogP contribution in [0.4, 0.5) is 0 Å². The Bertz CT molecular complexity index is 294. The number of hydrogen-bond acceptors (Lipinski definition) is 3. The third kappa shape index (κ3) is 3.99. The molecule has 0 aliphatic carbocycles. The predicted octanol–water partition coefficient (Wildman–Crippen LogP) is 3.12. The van der Waals surface area contributed by atoms with E-state index in [1.165, 1.54) is 0 Å². The van der Waals surface area contributed by atoms with Gasteiger partial charge in [-0.05, 0) is 31.0 Å². The third-order valence-electron chi connectivity index (χ3n) is 2.47. The van der Waals surface area contributed by atoms with Crippen LogP contribution in [0.3, 0.4) is 0 Å². The van der Waals surface area contributed by atoms with Crippen LogP contribution in [0.25, 0.3) is 0 Å². The maximum atomic E-state index is 5.75. The van der Waals surface area contributed by atoms with Gasteiger partial charge in [0.05, 0.1) is 6.04 Å². The largest absolute Gasteiger partial charge is 0.462 e. The summed E-state index contributed by atoms with van der Waals surface area (Å²) in [6, 6.07) is 4.35. The molecule has 1 aromatic rings. The standard InChI is InChI=1S/C13H23NO2/c1-5-14-12(8-10(2)3)13-7-6-11(16-13)9-15-4/h6-7,10,12,14H,5,8-9H2,1-4H3. The van der Waals surface area contributed by atoms with Gasteiger partial charge in [0, 0.05) is 7.11 Å². The Hall–Kier alpha value is -0.800. The first kappa shape index (κ1) is 13.3. The van der Waals surface area contributed by atoms with Gasteiger partial charge in [0.2, 0.25) is 0 Å². The fourth-order valence-corrected chi connectivity index (χ4v) is 1.82. The van der Waals surface area contributed by atoms with Crippen LogP contribution in [-0.2, 0) is 11.3 Å². The van der Waals surface area contributed by atoms with Gasteiger partial charge in [-0.1, -0.05) is 20.8 Å². The number of ether oxygens (including phenoxy) is 1. The van der Waals surface area contributed by atoms with Crippen LogP contribution in [0.1, 0.15) is 44.8 Å². The molecule has 3 nitrogen and oxygen atoms in total. The fraction of sp³-hybridized carbons (Fsp3) is 0.692. The van der Waals surface area contributed by atoms with Crippen LogP contribution in [0.5, 0.6) is 0 Å². The minimum absolute atomic E-state index is 0.315. The molecule has 1 rings (SSSR count). The predicted molar refractivity (Wildman–Crippen MR) is 65.3 cm³/mol. The topological polar surface area (TPSA) is 34.4 Å². The lowest BCUT2D eigenvalue weighted by Gasteiger charge is -2.17. The smallest absolute Gasteiger partial charge is 0.129 e. The minimum atomic E-state index is 0.315. The Labute approximate surface area is 98.2 Å². The van der Waals surface area contributed by atoms with Crippen LogP contribution in [0.15, 0.2) is 16.5 Å². The second kappa shape index (κ2) is 6.71. The summed E-state index contributed by atoms with van der Waals surface area (Å²) in [4.78, 5) is 0.